The number of esters is 1. The Labute approximate surface area is 734 Å². The molecule has 0 spiro atoms. The second kappa shape index (κ2) is 47.8. The van der Waals surface area contributed by atoms with E-state index < -0.39 is 47.9 Å². The maximum absolute atomic E-state index is 14.5. The highest BCUT2D eigenvalue weighted by Crippen LogP contribution is 2.35. The number of hydrogen-bond donors (Lipinski definition) is 5. The van der Waals surface area contributed by atoms with Gasteiger partial charge in [-0.1, -0.05) is 75.4 Å². The quantitative estimate of drug-likeness (QED) is 0.00976. The Kier molecular flexibility index (Phi) is 36.2. The zero-order valence-electron chi connectivity index (χ0n) is 73.8. The van der Waals surface area contributed by atoms with Crippen LogP contribution < -0.4 is 16.0 Å². The summed E-state index contributed by atoms with van der Waals surface area (Å²) in [7, 11) is 1.64. The average molecular weight is 1730 g/mol. The van der Waals surface area contributed by atoms with E-state index in [0.29, 0.717) is 211 Å². The van der Waals surface area contributed by atoms with Crippen LogP contribution in [0.4, 0.5) is 22.4 Å². The van der Waals surface area contributed by atoms with Gasteiger partial charge in [0.1, 0.15) is 59.5 Å². The predicted molar refractivity (Wildman–Crippen MR) is 472 cm³/mol. The molecule has 10 heterocycles. The van der Waals surface area contributed by atoms with Crippen molar-refractivity contribution in [3.05, 3.63) is 142 Å². The van der Waals surface area contributed by atoms with Crippen molar-refractivity contribution in [2.24, 2.45) is 23.7 Å². The highest BCUT2D eigenvalue weighted by atomic mass is 16.6. The predicted octanol–water partition coefficient (Wildman–Crippen LogP) is 10.6. The molecule has 31 nitrogen and oxygen atoms in total. The van der Waals surface area contributed by atoms with Gasteiger partial charge >= 0.3 is 12.1 Å². The molecule has 5 aromatic rings. The maximum atomic E-state index is 14.5. The molecule has 4 fully saturated rings. The van der Waals surface area contributed by atoms with Gasteiger partial charge in [-0.2, -0.15) is 0 Å². The largest absolute Gasteiger partial charge is 0.460 e. The van der Waals surface area contributed by atoms with E-state index in [4.69, 9.17) is 63.7 Å². The number of anilines is 3. The summed E-state index contributed by atoms with van der Waals surface area (Å²) in [4.78, 5) is 133. The summed E-state index contributed by atoms with van der Waals surface area (Å²) in [5.41, 5.74) is 14.9. The van der Waals surface area contributed by atoms with Crippen LogP contribution in [-0.4, -0.2) is 270 Å². The number of hydrogen-bond acceptors (Lipinski definition) is 27. The van der Waals surface area contributed by atoms with E-state index in [1.54, 1.807) is 44.3 Å². The molecule has 2 unspecified atom stereocenters. The molecule has 3 saturated heterocycles. The van der Waals surface area contributed by atoms with E-state index in [2.05, 4.69) is 47.2 Å². The summed E-state index contributed by atoms with van der Waals surface area (Å²) in [5.74, 6) is -1.68. The van der Waals surface area contributed by atoms with Gasteiger partial charge in [-0.3, -0.25) is 34.3 Å². The van der Waals surface area contributed by atoms with E-state index in [9.17, 15) is 38.7 Å². The number of aromatic nitrogens is 6. The first-order valence-electron chi connectivity index (χ1n) is 45.2. The number of amides is 3. The Bertz CT molecular complexity index is 4580. The van der Waals surface area contributed by atoms with E-state index in [-0.39, 0.29) is 97.0 Å². The number of methoxy groups -OCH3 is 1. The fourth-order valence-corrected chi connectivity index (χ4v) is 17.6. The lowest BCUT2D eigenvalue weighted by Crippen LogP contribution is -2.54. The minimum absolute atomic E-state index is 0.0508. The normalized spacial score (nSPS) is 25.2. The van der Waals surface area contributed by atoms with Crippen molar-refractivity contribution in [2.45, 2.75) is 219 Å². The Morgan fingerprint density at radius 3 is 2.20 bits per heavy atom. The number of carbonyl (C=O) groups is 7. The molecule has 3 amide bonds. The number of fused-ring (bicyclic) bond motifs is 6. The van der Waals surface area contributed by atoms with Gasteiger partial charge in [-0.25, -0.2) is 34.5 Å². The molecule has 7 aliphatic rings. The Morgan fingerprint density at radius 2 is 1.44 bits per heavy atom. The minimum atomic E-state index is -1.08. The fraction of sp³-hybridized carbons (Fsp3) is 0.606. The van der Waals surface area contributed by atoms with Gasteiger partial charge in [0.15, 0.2) is 0 Å². The number of ether oxygens (including phenoxy) is 9. The summed E-state index contributed by atoms with van der Waals surface area (Å²) < 4.78 is 53.5. The number of nitrogens with two attached hydrogens (primary N) is 1. The third-order valence-corrected chi connectivity index (χ3v) is 25.3. The molecule has 678 valence electrons. The van der Waals surface area contributed by atoms with Crippen molar-refractivity contribution in [2.75, 3.05) is 141 Å². The smallest absolute Gasteiger partial charge is 0.410 e. The molecule has 2 bridgehead atoms. The summed E-state index contributed by atoms with van der Waals surface area (Å²) in [6.07, 6.45) is 23.6. The molecule has 0 radical (unpaired) electrons. The number of aliphatic hydroxyl groups excluding tert-OH is 1. The molecule has 6 aliphatic heterocycles. The topological polar surface area (TPSA) is 381 Å². The van der Waals surface area contributed by atoms with Crippen LogP contribution in [0.25, 0.3) is 11.0 Å². The number of H-pyrrole nitrogens is 1. The highest BCUT2D eigenvalue weighted by Gasteiger charge is 2.42. The van der Waals surface area contributed by atoms with Gasteiger partial charge in [0, 0.05) is 145 Å². The molecule has 12 rings (SSSR count). The third kappa shape index (κ3) is 27.7. The van der Waals surface area contributed by atoms with Crippen LogP contribution in [0.15, 0.2) is 103 Å². The number of carbonyl (C=O) groups excluding carboxylic acids is 7. The number of aliphatic hydroxyl groups is 1. The van der Waals surface area contributed by atoms with Crippen LogP contribution >= 0.6 is 0 Å². The first-order chi connectivity index (χ1) is 60.6. The monoisotopic (exact) mass is 1730 g/mol. The summed E-state index contributed by atoms with van der Waals surface area (Å²) in [5, 5.41) is 24.5. The standard InChI is InChI=1S/C94H130N14O17/c1-62-13-8-7-9-14-63(2)83(117-6)54-75-15-12-17-82(123-75)87(113)91(114)108-31-11-10-16-78(108)92(115)124-76(53-79(109)65(4)50-66(5)81(111)55-80(110)64(3)49-62)25-21-67-19-23-74(24-20-67)125-94(116)107-33-28-77-73(60-107)58-100-93(103-77)105-36-34-104(35-37-105)38-40-119-42-44-121-46-48-122-47-45-120-43-41-118-39-29-84(112)106-32-27-69-51-68(18-22-71(69)59-106)56-98-90-85(88(96)101-61-102-90)86(95)72-52-70-26-30-97-89(70)99-57-72/h7-9,13-14,18,22,26,30,50-52,57-58,61-62,64-65,67,74-76,78,81-83,95,111H,10-12,15-17,19-21,23-25,27-29,31-49,53-56,59-60H2,1-6H3,(H,97,99)(H3,96,98,101,102)/b9-7?,13-8+,63-14?,66-50+,95-86?/t62-,64-,65-,67?,74?,75?,76-,78+,81+,82?,83+/m1/s1. The molecule has 1 saturated carbocycles. The number of allylic oxidation sites excluding steroid dienone is 6. The second-order valence-electron chi connectivity index (χ2n) is 34.5. The van der Waals surface area contributed by atoms with Crippen molar-refractivity contribution in [1.82, 2.24) is 49.5 Å². The van der Waals surface area contributed by atoms with E-state index >= 15 is 0 Å². The van der Waals surface area contributed by atoms with Gasteiger partial charge in [-0.05, 0) is 156 Å². The number of piperidine rings is 1. The van der Waals surface area contributed by atoms with Crippen LogP contribution in [0.2, 0.25) is 0 Å². The molecule has 31 heteroatoms. The summed E-state index contributed by atoms with van der Waals surface area (Å²) >= 11 is 0. The van der Waals surface area contributed by atoms with Gasteiger partial charge in [-0.15, -0.1) is 0 Å². The Hall–Kier alpha value is -9.57. The number of cyclic esters (lactones) is 1. The molecule has 1 aliphatic carbocycles. The van der Waals surface area contributed by atoms with Crippen molar-refractivity contribution in [3.8, 4) is 0 Å². The zero-order chi connectivity index (χ0) is 88.1. The Morgan fingerprint density at radius 1 is 0.704 bits per heavy atom. The maximum Gasteiger partial charge on any atom is 0.410 e. The lowest BCUT2D eigenvalue weighted by molar-refractivity contribution is -0.167. The zero-order valence-corrected chi connectivity index (χ0v) is 73.8. The van der Waals surface area contributed by atoms with Crippen LogP contribution in [0.3, 0.4) is 0 Å². The molecule has 125 heavy (non-hydrogen) atoms. The number of ketones is 3. The third-order valence-electron chi connectivity index (χ3n) is 25.3. The first-order valence-corrected chi connectivity index (χ1v) is 45.2. The molecule has 4 aromatic heterocycles. The molecular formula is C94H130N14O17. The number of nitrogens with zero attached hydrogens (tertiary/aromatic N) is 10. The van der Waals surface area contributed by atoms with Crippen molar-refractivity contribution < 1.29 is 81.3 Å². The molecular weight excluding hydrogens is 1600 g/mol. The minimum Gasteiger partial charge on any atom is -0.460 e. The SMILES string of the molecule is CO[C@H]1CC2CCCC(O2)C(=O)C(=O)N2CCCC[C@H]2C(=O)O[C@H](CCC2CCC(OC(=O)N3CCc4nc(N5CCN(CCOCCOCCOCCOCCOCCC(=O)N6CCc7cc(CNc8ncnc(N)c8C(=N)c8cnc9[nH]ccc9c8)ccc7C6)CC5)ncc4C3)CC2)CC(=O)[C@H](C)/C=C(\C)[C@@H](O)CC(=O)[C@H](C)C[C@H](C)/C=C/C=CC=C1C. The van der Waals surface area contributed by atoms with Crippen molar-refractivity contribution in [1.29, 1.82) is 5.41 Å². The Balaban J connectivity index is 0.495. The summed E-state index contributed by atoms with van der Waals surface area (Å²) in [6, 6.07) is 9.04. The number of piperazine rings is 1. The number of Topliss-reactive ketones (excluding diaryl/α,β-unsaturated/α-hetero) is 3. The lowest BCUT2D eigenvalue weighted by atomic mass is 9.83. The summed E-state index contributed by atoms with van der Waals surface area (Å²) in [6.45, 7) is 20.4. The van der Waals surface area contributed by atoms with Gasteiger partial charge in [0.25, 0.3) is 5.91 Å². The van der Waals surface area contributed by atoms with Crippen molar-refractivity contribution in [3.63, 3.8) is 0 Å². The number of aromatic amines is 1. The lowest BCUT2D eigenvalue weighted by Gasteiger charge is -2.36. The first kappa shape index (κ1) is 94.6. The molecule has 9 atom stereocenters. The van der Waals surface area contributed by atoms with Crippen LogP contribution in [0.1, 0.15) is 183 Å². The number of rotatable bonds is 29. The van der Waals surface area contributed by atoms with Crippen LogP contribution in [-0.2, 0) is 104 Å². The highest BCUT2D eigenvalue weighted by molar-refractivity contribution is 6.38. The number of benzene rings is 1. The number of nitrogen functional groups attached to an aromatic ring is 1. The molecule has 1 aromatic carbocycles. The second-order valence-corrected chi connectivity index (χ2v) is 34.5. The van der Waals surface area contributed by atoms with Crippen LogP contribution in [0.5, 0.6) is 0 Å². The molecule has 6 N–H and O–H groups in total. The number of nitrogens with one attached hydrogen (secondary N) is 3. The van der Waals surface area contributed by atoms with Crippen LogP contribution in [0, 0.1) is 29.1 Å². The van der Waals surface area contributed by atoms with E-state index in [1.807, 2.05) is 80.4 Å². The van der Waals surface area contributed by atoms with Gasteiger partial charge in [0.2, 0.25) is 17.6 Å². The fourth-order valence-electron chi connectivity index (χ4n) is 17.6. The number of pyridine rings is 1. The van der Waals surface area contributed by atoms with Crippen molar-refractivity contribution >= 4 is 75.6 Å². The van der Waals surface area contributed by atoms with E-state index in [1.165, 1.54) is 16.8 Å². The van der Waals surface area contributed by atoms with Gasteiger partial charge in [0.05, 0.1) is 114 Å². The van der Waals surface area contributed by atoms with E-state index in [0.717, 1.165) is 91.0 Å². The van der Waals surface area contributed by atoms with Gasteiger partial charge < -0.3 is 83.4 Å². The average Bonchev–Trinajstić information content (AvgIpc) is 1.75.